The summed E-state index contributed by atoms with van der Waals surface area (Å²) < 4.78 is 11.4. The van der Waals surface area contributed by atoms with Gasteiger partial charge in [0.2, 0.25) is 0 Å². The lowest BCUT2D eigenvalue weighted by Gasteiger charge is -2.53. The van der Waals surface area contributed by atoms with Crippen molar-refractivity contribution in [3.05, 3.63) is 59.6 Å². The van der Waals surface area contributed by atoms with Crippen LogP contribution in [0.2, 0.25) is 0 Å². The second kappa shape index (κ2) is 11.9. The van der Waals surface area contributed by atoms with Crippen LogP contribution >= 0.6 is 0 Å². The van der Waals surface area contributed by atoms with E-state index in [1.807, 2.05) is 63.7 Å². The molecule has 10 nitrogen and oxygen atoms in total. The molecular weight excluding hydrogens is 604 g/mol. The molecule has 258 valence electrons. The number of hydrogen-bond acceptors (Lipinski definition) is 6. The van der Waals surface area contributed by atoms with Crippen LogP contribution in [-0.4, -0.2) is 66.2 Å². The van der Waals surface area contributed by atoms with Crippen LogP contribution in [0.3, 0.4) is 0 Å². The van der Waals surface area contributed by atoms with Gasteiger partial charge in [-0.3, -0.25) is 9.80 Å². The fraction of sp³-hybridized carbons (Fsp3) is 0.632. The second-order valence-corrected chi connectivity index (χ2v) is 16.7. The molecule has 1 unspecified atom stereocenters. The first-order valence-electron chi connectivity index (χ1n) is 17.9. The van der Waals surface area contributed by atoms with E-state index in [2.05, 4.69) is 34.2 Å². The van der Waals surface area contributed by atoms with E-state index in [4.69, 9.17) is 19.4 Å². The van der Waals surface area contributed by atoms with Crippen LogP contribution in [0.1, 0.15) is 141 Å². The molecule has 2 atom stereocenters. The lowest BCUT2D eigenvalue weighted by Crippen LogP contribution is -2.46. The van der Waals surface area contributed by atoms with Gasteiger partial charge in [0.1, 0.15) is 22.9 Å². The first-order chi connectivity index (χ1) is 22.7. The SMILES string of the molecule is CC(C)(C)OC(=O)N1CCCC1c1ncc(-c2cccc(C34CCC(c5cnc([C@@H]6CCCN6C(=O)OC(C)(C)C)[nH]5)(CC3)CC4)c2)[nH]1. The van der Waals surface area contributed by atoms with Crippen molar-refractivity contribution in [2.24, 2.45) is 0 Å². The van der Waals surface area contributed by atoms with Crippen LogP contribution in [0.5, 0.6) is 0 Å². The number of carbonyl (C=O) groups is 2. The first kappa shape index (κ1) is 32.7. The Morgan fingerprint density at radius 1 is 0.750 bits per heavy atom. The highest BCUT2D eigenvalue weighted by Gasteiger charge is 2.51. The van der Waals surface area contributed by atoms with Crippen LogP contribution in [0.4, 0.5) is 9.59 Å². The zero-order valence-corrected chi connectivity index (χ0v) is 29.5. The third kappa shape index (κ3) is 6.23. The van der Waals surface area contributed by atoms with Gasteiger partial charge in [0.15, 0.2) is 0 Å². The van der Waals surface area contributed by atoms with Gasteiger partial charge in [-0.15, -0.1) is 0 Å². The lowest BCUT2D eigenvalue weighted by molar-refractivity contribution is 0.0208. The summed E-state index contributed by atoms with van der Waals surface area (Å²) in [6.45, 7) is 12.8. The number of hydrogen-bond donors (Lipinski definition) is 2. The quantitative estimate of drug-likeness (QED) is 0.285. The van der Waals surface area contributed by atoms with Crippen molar-refractivity contribution in [3.63, 3.8) is 0 Å². The lowest BCUT2D eigenvalue weighted by atomic mass is 9.51. The van der Waals surface area contributed by atoms with Gasteiger partial charge in [-0.25, -0.2) is 19.6 Å². The number of imidazole rings is 2. The largest absolute Gasteiger partial charge is 0.444 e. The van der Waals surface area contributed by atoms with Gasteiger partial charge in [-0.1, -0.05) is 18.2 Å². The van der Waals surface area contributed by atoms with Crippen molar-refractivity contribution in [2.75, 3.05) is 13.1 Å². The van der Waals surface area contributed by atoms with E-state index < -0.39 is 11.2 Å². The molecule has 2 saturated heterocycles. The van der Waals surface area contributed by atoms with Crippen molar-refractivity contribution >= 4 is 12.2 Å². The van der Waals surface area contributed by atoms with Crippen LogP contribution < -0.4 is 0 Å². The molecule has 2 N–H and O–H groups in total. The van der Waals surface area contributed by atoms with Crippen LogP contribution in [0.25, 0.3) is 11.3 Å². The summed E-state index contributed by atoms with van der Waals surface area (Å²) in [4.78, 5) is 46.4. The van der Waals surface area contributed by atoms with Crippen LogP contribution in [0.15, 0.2) is 36.7 Å². The molecule has 2 aliphatic heterocycles. The number of aromatic amines is 2. The van der Waals surface area contributed by atoms with Gasteiger partial charge in [0, 0.05) is 30.4 Å². The summed E-state index contributed by atoms with van der Waals surface area (Å²) in [5.41, 5.74) is 3.99. The highest BCUT2D eigenvalue weighted by molar-refractivity contribution is 5.70. The Morgan fingerprint density at radius 2 is 1.27 bits per heavy atom. The predicted octanol–water partition coefficient (Wildman–Crippen LogP) is 8.49. The molecule has 3 aliphatic carbocycles. The molecule has 2 amide bonds. The average Bonchev–Trinajstić information content (AvgIpc) is 3.86. The maximum absolute atomic E-state index is 12.9. The van der Waals surface area contributed by atoms with Crippen molar-refractivity contribution in [1.29, 1.82) is 0 Å². The molecule has 3 aromatic rings. The van der Waals surface area contributed by atoms with Crippen molar-refractivity contribution in [1.82, 2.24) is 29.7 Å². The van der Waals surface area contributed by atoms with Gasteiger partial charge >= 0.3 is 12.2 Å². The number of fused-ring (bicyclic) bond motifs is 3. The topological polar surface area (TPSA) is 116 Å². The Bertz CT molecular complexity index is 1640. The molecule has 5 aliphatic rings. The van der Waals surface area contributed by atoms with Crippen molar-refractivity contribution in [2.45, 2.75) is 140 Å². The molecule has 48 heavy (non-hydrogen) atoms. The van der Waals surface area contributed by atoms with Gasteiger partial charge in [0.25, 0.3) is 0 Å². The van der Waals surface area contributed by atoms with E-state index >= 15 is 0 Å². The number of carbonyl (C=O) groups excluding carboxylic acids is 2. The molecule has 0 radical (unpaired) electrons. The molecule has 2 bridgehead atoms. The van der Waals surface area contributed by atoms with Crippen LogP contribution in [0, 0.1) is 0 Å². The zero-order valence-electron chi connectivity index (χ0n) is 29.5. The third-order valence-corrected chi connectivity index (χ3v) is 11.2. The van der Waals surface area contributed by atoms with E-state index in [1.54, 1.807) is 0 Å². The van der Waals surface area contributed by atoms with Gasteiger partial charge in [-0.05, 0) is 128 Å². The number of benzene rings is 1. The van der Waals surface area contributed by atoms with Gasteiger partial charge in [-0.2, -0.15) is 0 Å². The highest BCUT2D eigenvalue weighted by atomic mass is 16.6. The Kier molecular flexibility index (Phi) is 8.14. The Balaban J connectivity index is 1.03. The molecule has 5 fully saturated rings. The fourth-order valence-corrected chi connectivity index (χ4v) is 8.65. The number of aromatic nitrogens is 4. The summed E-state index contributed by atoms with van der Waals surface area (Å²) in [5, 5.41) is 0. The van der Waals surface area contributed by atoms with E-state index in [9.17, 15) is 9.59 Å². The third-order valence-electron chi connectivity index (χ3n) is 11.2. The standard InChI is InChI=1S/C38H52N6O4/c1-35(2,3)47-33(45)43-20-8-12-28(43)31-39-23-27(41-31)25-10-7-11-26(22-25)37-14-17-38(18-15-37,19-16-37)30-24-40-32(42-30)29-13-9-21-44(29)34(46)48-36(4,5)6/h7,10-11,22-24,28-29H,8-9,12-21H2,1-6H3,(H,39,41)(H,40,42)/t28?,29-,37?,38?/m0/s1. The molecular formula is C38H52N6O4. The van der Waals surface area contributed by atoms with Crippen molar-refractivity contribution in [3.8, 4) is 11.3 Å². The normalized spacial score (nSPS) is 27.5. The minimum Gasteiger partial charge on any atom is -0.444 e. The molecule has 3 saturated carbocycles. The Morgan fingerprint density at radius 3 is 1.83 bits per heavy atom. The fourth-order valence-electron chi connectivity index (χ4n) is 8.65. The van der Waals surface area contributed by atoms with E-state index in [0.717, 1.165) is 87.1 Å². The number of likely N-dealkylation sites (tertiary alicyclic amines) is 2. The minimum absolute atomic E-state index is 0.0592. The van der Waals surface area contributed by atoms with Gasteiger partial charge < -0.3 is 19.4 Å². The molecule has 2 aromatic heterocycles. The molecule has 10 heteroatoms. The number of amides is 2. The molecule has 0 spiro atoms. The summed E-state index contributed by atoms with van der Waals surface area (Å²) in [6.07, 6.45) is 13.9. The minimum atomic E-state index is -0.530. The van der Waals surface area contributed by atoms with Crippen molar-refractivity contribution < 1.29 is 19.1 Å². The number of H-pyrrole nitrogens is 2. The summed E-state index contributed by atoms with van der Waals surface area (Å²) in [5.74, 6) is 1.71. The molecule has 8 rings (SSSR count). The van der Waals surface area contributed by atoms with E-state index in [-0.39, 0.29) is 35.1 Å². The number of nitrogens with zero attached hydrogens (tertiary/aromatic N) is 4. The molecule has 1 aromatic carbocycles. The molecule has 4 heterocycles. The number of nitrogens with one attached hydrogen (secondary N) is 2. The van der Waals surface area contributed by atoms with Crippen LogP contribution in [-0.2, 0) is 20.3 Å². The summed E-state index contributed by atoms with van der Waals surface area (Å²) >= 11 is 0. The highest BCUT2D eigenvalue weighted by Crippen LogP contribution is 2.58. The zero-order chi connectivity index (χ0) is 33.9. The average molecular weight is 657 g/mol. The Labute approximate surface area is 284 Å². The smallest absolute Gasteiger partial charge is 0.410 e. The van der Waals surface area contributed by atoms with Gasteiger partial charge in [0.05, 0.1) is 24.0 Å². The maximum atomic E-state index is 12.9. The summed E-state index contributed by atoms with van der Waals surface area (Å²) in [6, 6.07) is 8.84. The van der Waals surface area contributed by atoms with E-state index in [0.29, 0.717) is 13.1 Å². The first-order valence-corrected chi connectivity index (χ1v) is 17.9. The second-order valence-electron chi connectivity index (χ2n) is 16.7. The number of ether oxygens (including phenoxy) is 2. The monoisotopic (exact) mass is 656 g/mol. The van der Waals surface area contributed by atoms with E-state index in [1.165, 1.54) is 11.3 Å². The Hall–Kier alpha value is -3.82. The maximum Gasteiger partial charge on any atom is 0.410 e. The number of rotatable bonds is 5. The summed E-state index contributed by atoms with van der Waals surface area (Å²) in [7, 11) is 0. The predicted molar refractivity (Wildman–Crippen MR) is 183 cm³/mol.